The van der Waals surface area contributed by atoms with Gasteiger partial charge in [0, 0.05) is 13.1 Å². The van der Waals surface area contributed by atoms with Crippen LogP contribution in [-0.2, 0) is 4.79 Å². The van der Waals surface area contributed by atoms with Gasteiger partial charge in [-0.2, -0.15) is 0 Å². The molecule has 2 aromatic rings. The molecule has 0 aromatic heterocycles. The summed E-state index contributed by atoms with van der Waals surface area (Å²) in [4.78, 5) is 27.8. The molecule has 2 amide bonds. The largest absolute Gasteiger partial charge is 0.480 e. The highest BCUT2D eigenvalue weighted by Gasteiger charge is 2.25. The summed E-state index contributed by atoms with van der Waals surface area (Å²) < 4.78 is 5.95. The summed E-state index contributed by atoms with van der Waals surface area (Å²) >= 11 is 0. The Morgan fingerprint density at radius 1 is 1.10 bits per heavy atom. The highest BCUT2D eigenvalue weighted by molar-refractivity contribution is 6.04. The van der Waals surface area contributed by atoms with Crippen LogP contribution in [0.2, 0.25) is 0 Å². The third-order valence-electron chi connectivity index (χ3n) is 5.51. The second kappa shape index (κ2) is 9.59. The molecular weight excluding hydrogens is 364 g/mol. The second-order valence-electron chi connectivity index (χ2n) is 7.79. The Labute approximate surface area is 173 Å². The van der Waals surface area contributed by atoms with Crippen LogP contribution in [0.3, 0.4) is 0 Å². The van der Waals surface area contributed by atoms with Gasteiger partial charge in [-0.1, -0.05) is 44.2 Å². The average molecular weight is 395 g/mol. The molecule has 154 valence electrons. The van der Waals surface area contributed by atoms with Crippen LogP contribution >= 0.6 is 0 Å². The minimum absolute atomic E-state index is 0.0272. The van der Waals surface area contributed by atoms with E-state index < -0.39 is 6.10 Å². The number of anilines is 1. The van der Waals surface area contributed by atoms with Crippen LogP contribution in [0, 0.1) is 12.8 Å². The van der Waals surface area contributed by atoms with E-state index in [-0.39, 0.29) is 11.8 Å². The summed E-state index contributed by atoms with van der Waals surface area (Å²) in [6.45, 7) is 7.60. The molecule has 29 heavy (non-hydrogen) atoms. The van der Waals surface area contributed by atoms with Crippen LogP contribution in [-0.4, -0.2) is 35.9 Å². The number of piperidine rings is 1. The number of rotatable bonds is 6. The van der Waals surface area contributed by atoms with E-state index in [1.165, 1.54) is 0 Å². The molecule has 1 aliphatic heterocycles. The lowest BCUT2D eigenvalue weighted by Gasteiger charge is -2.31. The van der Waals surface area contributed by atoms with E-state index in [0.717, 1.165) is 31.5 Å². The van der Waals surface area contributed by atoms with E-state index in [2.05, 4.69) is 12.2 Å². The van der Waals surface area contributed by atoms with Gasteiger partial charge in [0.1, 0.15) is 5.75 Å². The Hall–Kier alpha value is -2.82. The molecule has 1 N–H and O–H groups in total. The van der Waals surface area contributed by atoms with Crippen molar-refractivity contribution in [2.75, 3.05) is 18.4 Å². The molecule has 3 rings (SSSR count). The maximum atomic E-state index is 13.0. The van der Waals surface area contributed by atoms with E-state index in [4.69, 9.17) is 4.74 Å². The van der Waals surface area contributed by atoms with Crippen molar-refractivity contribution in [3.63, 3.8) is 0 Å². The Bertz CT molecular complexity index is 857. The lowest BCUT2D eigenvalue weighted by molar-refractivity contribution is -0.122. The number of carbonyl (C=O) groups is 2. The Morgan fingerprint density at radius 3 is 2.45 bits per heavy atom. The van der Waals surface area contributed by atoms with E-state index in [0.29, 0.717) is 29.3 Å². The van der Waals surface area contributed by atoms with Crippen LogP contribution in [0.25, 0.3) is 0 Å². The summed E-state index contributed by atoms with van der Waals surface area (Å²) in [5.41, 5.74) is 2.04. The number of nitrogens with one attached hydrogen (secondary N) is 1. The van der Waals surface area contributed by atoms with Gasteiger partial charge < -0.3 is 15.0 Å². The van der Waals surface area contributed by atoms with Gasteiger partial charge in [0.05, 0.1) is 11.3 Å². The quantitative estimate of drug-likeness (QED) is 0.775. The molecule has 1 unspecified atom stereocenters. The van der Waals surface area contributed by atoms with Crippen molar-refractivity contribution in [3.05, 3.63) is 59.7 Å². The zero-order chi connectivity index (χ0) is 20.8. The lowest BCUT2D eigenvalue weighted by atomic mass is 9.98. The maximum absolute atomic E-state index is 13.0. The predicted molar refractivity (Wildman–Crippen MR) is 115 cm³/mol. The number of aryl methyl sites for hydroxylation is 1. The number of benzene rings is 2. The van der Waals surface area contributed by atoms with Crippen molar-refractivity contribution in [2.45, 2.75) is 46.1 Å². The fraction of sp³-hybridized carbons (Fsp3) is 0.417. The summed E-state index contributed by atoms with van der Waals surface area (Å²) in [6.07, 6.45) is 1.93. The van der Waals surface area contributed by atoms with E-state index in [1.54, 1.807) is 12.1 Å². The molecule has 1 aliphatic rings. The number of hydrogen-bond acceptors (Lipinski definition) is 3. The van der Waals surface area contributed by atoms with E-state index >= 15 is 0 Å². The first-order valence-corrected chi connectivity index (χ1v) is 10.4. The molecule has 0 saturated carbocycles. The molecule has 1 fully saturated rings. The van der Waals surface area contributed by atoms with Gasteiger partial charge in [-0.05, 0) is 55.9 Å². The molecule has 0 aliphatic carbocycles. The first-order valence-electron chi connectivity index (χ1n) is 10.4. The van der Waals surface area contributed by atoms with Gasteiger partial charge in [0.25, 0.3) is 11.8 Å². The third kappa shape index (κ3) is 5.17. The summed E-state index contributed by atoms with van der Waals surface area (Å²) in [6, 6.07) is 14.8. The molecule has 0 radical (unpaired) electrons. The number of hydrogen-bond donors (Lipinski definition) is 1. The van der Waals surface area contributed by atoms with Gasteiger partial charge in [0.15, 0.2) is 6.10 Å². The fourth-order valence-electron chi connectivity index (χ4n) is 3.54. The Balaban J connectivity index is 1.73. The van der Waals surface area contributed by atoms with Crippen molar-refractivity contribution in [1.82, 2.24) is 4.90 Å². The van der Waals surface area contributed by atoms with Gasteiger partial charge in [-0.15, -0.1) is 0 Å². The zero-order valence-corrected chi connectivity index (χ0v) is 17.5. The third-order valence-corrected chi connectivity index (χ3v) is 5.51. The molecular formula is C24H30N2O3. The van der Waals surface area contributed by atoms with Crippen LogP contribution in [0.15, 0.2) is 48.5 Å². The molecule has 1 atom stereocenters. The first-order chi connectivity index (χ1) is 14.0. The van der Waals surface area contributed by atoms with Crippen molar-refractivity contribution in [1.29, 1.82) is 0 Å². The normalized spacial score (nSPS) is 15.6. The second-order valence-corrected chi connectivity index (χ2v) is 7.79. The number of nitrogens with zero attached hydrogens (tertiary/aromatic N) is 1. The van der Waals surface area contributed by atoms with Gasteiger partial charge in [-0.3, -0.25) is 9.59 Å². The minimum Gasteiger partial charge on any atom is -0.480 e. The number of carbonyl (C=O) groups excluding carboxylic acids is 2. The molecule has 0 bridgehead atoms. The topological polar surface area (TPSA) is 58.6 Å². The van der Waals surface area contributed by atoms with E-state index in [1.807, 2.05) is 55.1 Å². The van der Waals surface area contributed by atoms with Crippen LogP contribution in [0.5, 0.6) is 5.75 Å². The van der Waals surface area contributed by atoms with Crippen LogP contribution in [0.4, 0.5) is 5.69 Å². The molecule has 5 heteroatoms. The monoisotopic (exact) mass is 394 g/mol. The van der Waals surface area contributed by atoms with E-state index in [9.17, 15) is 9.59 Å². The Kier molecular flexibility index (Phi) is 6.91. The van der Waals surface area contributed by atoms with Crippen LogP contribution < -0.4 is 10.1 Å². The molecule has 0 spiro atoms. The van der Waals surface area contributed by atoms with Crippen molar-refractivity contribution in [3.8, 4) is 5.75 Å². The standard InChI is InChI=1S/C24H30N2O3/c1-4-21(29-22-12-8-5-9-18(22)3)23(27)25-20-11-7-6-10-19(20)24(28)26-15-13-17(2)14-16-26/h5-12,17,21H,4,13-16H2,1-3H3,(H,25,27). The minimum atomic E-state index is -0.630. The number of likely N-dealkylation sites (tertiary alicyclic amines) is 1. The highest BCUT2D eigenvalue weighted by atomic mass is 16.5. The molecule has 1 saturated heterocycles. The molecule has 1 heterocycles. The van der Waals surface area contributed by atoms with Crippen LogP contribution in [0.1, 0.15) is 49.0 Å². The van der Waals surface area contributed by atoms with Crippen molar-refractivity contribution in [2.24, 2.45) is 5.92 Å². The predicted octanol–water partition coefficient (Wildman–Crippen LogP) is 4.66. The summed E-state index contributed by atoms with van der Waals surface area (Å²) in [5.74, 6) is 1.07. The number of para-hydroxylation sites is 2. The highest BCUT2D eigenvalue weighted by Crippen LogP contribution is 2.23. The summed E-state index contributed by atoms with van der Waals surface area (Å²) in [7, 11) is 0. The van der Waals surface area contributed by atoms with Gasteiger partial charge in [-0.25, -0.2) is 0 Å². The van der Waals surface area contributed by atoms with Gasteiger partial charge in [0.2, 0.25) is 0 Å². The fourth-order valence-corrected chi connectivity index (χ4v) is 3.54. The maximum Gasteiger partial charge on any atom is 0.265 e. The number of ether oxygens (including phenoxy) is 1. The first kappa shape index (κ1) is 20.9. The van der Waals surface area contributed by atoms with Crippen molar-refractivity contribution < 1.29 is 14.3 Å². The summed E-state index contributed by atoms with van der Waals surface area (Å²) in [5, 5.41) is 2.92. The zero-order valence-electron chi connectivity index (χ0n) is 17.5. The molecule has 5 nitrogen and oxygen atoms in total. The molecule has 2 aromatic carbocycles. The SMILES string of the molecule is CCC(Oc1ccccc1C)C(=O)Nc1ccccc1C(=O)N1CCC(C)CC1. The lowest BCUT2D eigenvalue weighted by Crippen LogP contribution is -2.38. The average Bonchev–Trinajstić information content (AvgIpc) is 2.73. The van der Waals surface area contributed by atoms with Crippen molar-refractivity contribution >= 4 is 17.5 Å². The Morgan fingerprint density at radius 2 is 1.76 bits per heavy atom. The number of amides is 2. The van der Waals surface area contributed by atoms with Gasteiger partial charge >= 0.3 is 0 Å². The smallest absolute Gasteiger partial charge is 0.265 e.